The van der Waals surface area contributed by atoms with Crippen molar-refractivity contribution < 1.29 is 31.5 Å². The lowest BCUT2D eigenvalue weighted by molar-refractivity contribution is -0.189. The van der Waals surface area contributed by atoms with Crippen molar-refractivity contribution >= 4 is 29.1 Å². The molecule has 0 heterocycles. The maximum absolute atomic E-state index is 13.9. The Morgan fingerprint density at radius 2 is 1.55 bits per heavy atom. The Bertz CT molecular complexity index is 1620. The van der Waals surface area contributed by atoms with Gasteiger partial charge in [0.15, 0.2) is 11.6 Å². The van der Waals surface area contributed by atoms with E-state index in [1.54, 1.807) is 36.9 Å². The number of alkyl halides is 3. The fourth-order valence-electron chi connectivity index (χ4n) is 3.98. The molecular formula is C28H21F5N2O4S. The van der Waals surface area contributed by atoms with Gasteiger partial charge in [-0.05, 0) is 66.3 Å². The van der Waals surface area contributed by atoms with Gasteiger partial charge in [-0.1, -0.05) is 30.3 Å². The Kier molecular flexibility index (Phi) is 8.40. The molecule has 0 amide bonds. The number of anilines is 2. The molecule has 0 radical (unpaired) electrons. The number of carbonyl (C=O) groups is 1. The lowest BCUT2D eigenvalue weighted by atomic mass is 9.96. The van der Waals surface area contributed by atoms with Crippen molar-refractivity contribution in [3.05, 3.63) is 116 Å². The molecule has 4 aromatic rings. The van der Waals surface area contributed by atoms with E-state index in [0.717, 1.165) is 22.6 Å². The van der Waals surface area contributed by atoms with Crippen LogP contribution in [0.4, 0.5) is 33.3 Å². The largest absolute Gasteiger partial charge is 0.491 e. The Morgan fingerprint density at radius 3 is 2.17 bits per heavy atom. The topological polar surface area (TPSA) is 84.5 Å². The van der Waals surface area contributed by atoms with E-state index in [1.807, 2.05) is 30.5 Å². The molecule has 0 aliphatic rings. The number of benzene rings is 3. The number of hydrogen-bond donors (Lipinski definition) is 2. The van der Waals surface area contributed by atoms with Crippen LogP contribution in [0.1, 0.15) is 35.7 Å². The van der Waals surface area contributed by atoms with E-state index >= 15 is 0 Å². The summed E-state index contributed by atoms with van der Waals surface area (Å²) in [5.74, 6) is -5.61. The lowest BCUT2D eigenvalue weighted by Gasteiger charge is -2.26. The zero-order valence-corrected chi connectivity index (χ0v) is 21.8. The second-order valence-electron chi connectivity index (χ2n) is 8.77. The van der Waals surface area contributed by atoms with Crippen LogP contribution in [0, 0.1) is 11.6 Å². The van der Waals surface area contributed by atoms with Crippen molar-refractivity contribution in [1.82, 2.24) is 5.32 Å². The minimum Gasteiger partial charge on any atom is -0.413 e. The average molecular weight is 577 g/mol. The normalized spacial score (nSPS) is 13.2. The van der Waals surface area contributed by atoms with Gasteiger partial charge in [0, 0.05) is 16.6 Å². The van der Waals surface area contributed by atoms with Crippen LogP contribution in [0.5, 0.6) is 5.75 Å². The molecule has 6 nitrogen and oxygen atoms in total. The highest BCUT2D eigenvalue weighted by Gasteiger charge is 2.43. The standard InChI is InChI=1S/C28H21F5N2O4S/c1-14(16-8-11-20(29)21(30)13-16)34-22(15-6-9-19(40-2)10-7-15)17-4-3-5-18(12-17)35-23-24(36)25(37)26(23)39-27(38)28(31,32)33/h3-14,22,34-35H,1-2H3. The molecule has 0 aliphatic carbocycles. The summed E-state index contributed by atoms with van der Waals surface area (Å²) < 4.78 is 69.3. The molecule has 4 aromatic carbocycles. The Balaban J connectivity index is 1.66. The smallest absolute Gasteiger partial charge is 0.413 e. The Hall–Kier alpha value is -4.03. The van der Waals surface area contributed by atoms with Crippen LogP contribution in [-0.4, -0.2) is 18.4 Å². The number of carbonyl (C=O) groups excluding carboxylic acids is 1. The highest BCUT2D eigenvalue weighted by molar-refractivity contribution is 7.98. The summed E-state index contributed by atoms with van der Waals surface area (Å²) in [5, 5.41) is 5.95. The molecule has 0 spiro atoms. The fraction of sp³-hybridized carbons (Fsp3) is 0.179. The molecule has 0 bridgehead atoms. The van der Waals surface area contributed by atoms with Crippen molar-refractivity contribution in [3.63, 3.8) is 0 Å². The quantitative estimate of drug-likeness (QED) is 0.111. The monoisotopic (exact) mass is 576 g/mol. The van der Waals surface area contributed by atoms with Crippen LogP contribution in [0.2, 0.25) is 0 Å². The molecule has 0 fully saturated rings. The van der Waals surface area contributed by atoms with E-state index in [2.05, 4.69) is 15.4 Å². The van der Waals surface area contributed by atoms with Crippen LogP contribution < -0.4 is 26.2 Å². The van der Waals surface area contributed by atoms with E-state index in [4.69, 9.17) is 0 Å². The SMILES string of the molecule is CSc1ccc(C(NC(C)c2ccc(F)c(F)c2)c2cccc(Nc3c(OC(=O)C(F)(F)F)c(=O)c3=O)c2)cc1. The van der Waals surface area contributed by atoms with Crippen LogP contribution in [-0.2, 0) is 4.79 Å². The Labute approximate surface area is 228 Å². The molecule has 208 valence electrons. The third-order valence-electron chi connectivity index (χ3n) is 6.09. The maximum atomic E-state index is 13.9. The summed E-state index contributed by atoms with van der Waals surface area (Å²) in [6, 6.07) is 16.6. The zero-order chi connectivity index (χ0) is 29.2. The molecule has 2 N–H and O–H groups in total. The van der Waals surface area contributed by atoms with Crippen LogP contribution >= 0.6 is 11.8 Å². The van der Waals surface area contributed by atoms with Crippen LogP contribution in [0.25, 0.3) is 0 Å². The van der Waals surface area contributed by atoms with Gasteiger partial charge in [-0.15, -0.1) is 11.8 Å². The molecule has 2 atom stereocenters. The summed E-state index contributed by atoms with van der Waals surface area (Å²) in [4.78, 5) is 36.0. The van der Waals surface area contributed by atoms with Gasteiger partial charge in [-0.25, -0.2) is 13.6 Å². The molecule has 12 heteroatoms. The minimum absolute atomic E-state index is 0.224. The van der Waals surface area contributed by atoms with Gasteiger partial charge in [0.2, 0.25) is 5.75 Å². The van der Waals surface area contributed by atoms with Gasteiger partial charge in [-0.3, -0.25) is 14.9 Å². The minimum atomic E-state index is -5.36. The molecule has 4 rings (SSSR count). The predicted molar refractivity (Wildman–Crippen MR) is 141 cm³/mol. The number of rotatable bonds is 9. The second kappa shape index (κ2) is 11.6. The lowest BCUT2D eigenvalue weighted by Crippen LogP contribution is -2.39. The first-order chi connectivity index (χ1) is 18.9. The van der Waals surface area contributed by atoms with Crippen LogP contribution in [0.3, 0.4) is 0 Å². The molecular weight excluding hydrogens is 555 g/mol. The van der Waals surface area contributed by atoms with Gasteiger partial charge >= 0.3 is 12.1 Å². The number of thioether (sulfide) groups is 1. The molecule has 40 heavy (non-hydrogen) atoms. The molecule has 0 aromatic heterocycles. The van der Waals surface area contributed by atoms with Gasteiger partial charge in [0.1, 0.15) is 5.69 Å². The van der Waals surface area contributed by atoms with Gasteiger partial charge in [0.05, 0.1) is 6.04 Å². The maximum Gasteiger partial charge on any atom is 0.491 e. The molecule has 0 saturated heterocycles. The van der Waals surface area contributed by atoms with Crippen molar-refractivity contribution in [2.24, 2.45) is 0 Å². The number of halogens is 5. The highest BCUT2D eigenvalue weighted by Crippen LogP contribution is 2.31. The second-order valence-corrected chi connectivity index (χ2v) is 9.65. The summed E-state index contributed by atoms with van der Waals surface area (Å²) in [6.07, 6.45) is -3.43. The average Bonchev–Trinajstić information content (AvgIpc) is 2.94. The van der Waals surface area contributed by atoms with E-state index in [0.29, 0.717) is 11.1 Å². The number of hydrogen-bond acceptors (Lipinski definition) is 7. The molecule has 0 aliphatic heterocycles. The zero-order valence-electron chi connectivity index (χ0n) is 20.9. The van der Waals surface area contributed by atoms with Gasteiger partial charge < -0.3 is 10.1 Å². The van der Waals surface area contributed by atoms with Crippen molar-refractivity contribution in [1.29, 1.82) is 0 Å². The molecule has 0 saturated carbocycles. The van der Waals surface area contributed by atoms with E-state index in [1.165, 1.54) is 12.1 Å². The highest BCUT2D eigenvalue weighted by atomic mass is 32.2. The number of esters is 1. The number of nitrogens with one attached hydrogen (secondary N) is 2. The first-order valence-corrected chi connectivity index (χ1v) is 13.0. The van der Waals surface area contributed by atoms with Crippen molar-refractivity contribution in [3.8, 4) is 5.75 Å². The van der Waals surface area contributed by atoms with Crippen molar-refractivity contribution in [2.75, 3.05) is 11.6 Å². The van der Waals surface area contributed by atoms with E-state index < -0.39 is 58.2 Å². The molecule has 2 unspecified atom stereocenters. The van der Waals surface area contributed by atoms with Gasteiger partial charge in [-0.2, -0.15) is 13.2 Å². The third-order valence-corrected chi connectivity index (χ3v) is 6.84. The van der Waals surface area contributed by atoms with E-state index in [-0.39, 0.29) is 5.69 Å². The van der Waals surface area contributed by atoms with Gasteiger partial charge in [0.25, 0.3) is 10.9 Å². The summed E-state index contributed by atoms with van der Waals surface area (Å²) in [7, 11) is 0. The summed E-state index contributed by atoms with van der Waals surface area (Å²) >= 11 is 1.54. The first-order valence-electron chi connectivity index (χ1n) is 11.7. The third kappa shape index (κ3) is 6.23. The van der Waals surface area contributed by atoms with E-state index in [9.17, 15) is 36.3 Å². The number of ether oxygens (including phenoxy) is 1. The first kappa shape index (κ1) is 29.0. The fourth-order valence-corrected chi connectivity index (χ4v) is 4.39. The summed E-state index contributed by atoms with van der Waals surface area (Å²) in [5.41, 5.74) is -0.929. The summed E-state index contributed by atoms with van der Waals surface area (Å²) in [6.45, 7) is 1.77. The van der Waals surface area contributed by atoms with Crippen molar-refractivity contribution in [2.45, 2.75) is 30.1 Å². The van der Waals surface area contributed by atoms with Crippen LogP contribution in [0.15, 0.2) is 81.2 Å². The Morgan fingerprint density at radius 1 is 0.875 bits per heavy atom. The predicted octanol–water partition coefficient (Wildman–Crippen LogP) is 5.93.